The van der Waals surface area contributed by atoms with Crippen LogP contribution in [0, 0.1) is 0 Å². The van der Waals surface area contributed by atoms with Crippen LogP contribution >= 0.6 is 23.2 Å². The third kappa shape index (κ3) is 3.01. The summed E-state index contributed by atoms with van der Waals surface area (Å²) in [7, 11) is -0.713. The van der Waals surface area contributed by atoms with Crippen molar-refractivity contribution < 1.29 is 0 Å². The third-order valence-corrected chi connectivity index (χ3v) is 4.54. The lowest BCUT2D eigenvalue weighted by atomic mass is 11.8. The lowest BCUT2D eigenvalue weighted by molar-refractivity contribution is 1.73. The summed E-state index contributed by atoms with van der Waals surface area (Å²) in [6, 6.07) is 0. The Hall–Kier alpha value is 0.797. The van der Waals surface area contributed by atoms with Crippen LogP contribution in [0.4, 0.5) is 0 Å². The van der Waals surface area contributed by atoms with Crippen LogP contribution in [0.15, 0.2) is 0 Å². The van der Waals surface area contributed by atoms with E-state index in [0.717, 1.165) is 0 Å². The molecule has 0 aromatic heterocycles. The summed E-state index contributed by atoms with van der Waals surface area (Å²) in [5, 5.41) is 0. The highest BCUT2D eigenvalue weighted by molar-refractivity contribution is 6.78. The smallest absolute Gasteiger partial charge is 0.0937 e. The van der Waals surface area contributed by atoms with Gasteiger partial charge in [0.2, 0.25) is 0 Å². The van der Waals surface area contributed by atoms with Crippen LogP contribution in [0.3, 0.4) is 0 Å². The molecule has 0 amide bonds. The molecule has 0 aliphatic heterocycles. The molecule has 0 unspecified atom stereocenters. The Labute approximate surface area is 50.1 Å². The maximum absolute atomic E-state index is 5.44. The van der Waals surface area contributed by atoms with E-state index < -0.39 is 8.80 Å². The highest BCUT2D eigenvalue weighted by Crippen LogP contribution is 2.04. The van der Waals surface area contributed by atoms with E-state index in [2.05, 4.69) is 13.1 Å². The van der Waals surface area contributed by atoms with Gasteiger partial charge in [-0.2, -0.15) is 0 Å². The number of hydrogen-bond acceptors (Lipinski definition) is 0. The average molecular weight is 143 g/mol. The molecular formula is C3H8Cl2Si. The van der Waals surface area contributed by atoms with Crippen LogP contribution in [0.1, 0.15) is 0 Å². The van der Waals surface area contributed by atoms with Gasteiger partial charge in [0.1, 0.15) is 0 Å². The fourth-order valence-corrected chi connectivity index (χ4v) is 0. The Morgan fingerprint density at radius 2 is 1.50 bits per heavy atom. The van der Waals surface area contributed by atoms with E-state index in [1.165, 1.54) is 0 Å². The van der Waals surface area contributed by atoms with E-state index in [1.54, 1.807) is 0 Å². The molecule has 38 valence electrons. The van der Waals surface area contributed by atoms with Crippen molar-refractivity contribution in [1.82, 2.24) is 0 Å². The zero-order valence-electron chi connectivity index (χ0n) is 3.91. The molecule has 0 aliphatic carbocycles. The molecule has 0 saturated heterocycles. The van der Waals surface area contributed by atoms with Crippen LogP contribution < -0.4 is 0 Å². The molecule has 0 atom stereocenters. The van der Waals surface area contributed by atoms with Gasteiger partial charge in [0, 0.05) is 0 Å². The van der Waals surface area contributed by atoms with Gasteiger partial charge < -0.3 is 0 Å². The molecule has 0 aromatic rings. The lowest BCUT2D eigenvalue weighted by Crippen LogP contribution is -2.10. The normalized spacial score (nSPS) is 11.0. The molecule has 0 radical (unpaired) electrons. The predicted molar refractivity (Wildman–Crippen MR) is 34.4 cm³/mol. The fourth-order valence-electron chi connectivity index (χ4n) is 0. The minimum absolute atomic E-state index is 0.0648. The highest BCUT2D eigenvalue weighted by Gasteiger charge is 2.03. The van der Waals surface area contributed by atoms with Crippen molar-refractivity contribution in [3.63, 3.8) is 0 Å². The van der Waals surface area contributed by atoms with Gasteiger partial charge in [-0.1, -0.05) is 13.1 Å². The Morgan fingerprint density at radius 3 is 1.50 bits per heavy atom. The summed E-state index contributed by atoms with van der Waals surface area (Å²) in [4.78, 5) is 0. The second-order valence-electron chi connectivity index (χ2n) is 1.58. The van der Waals surface area contributed by atoms with Crippen molar-refractivity contribution in [2.24, 2.45) is 0 Å². The van der Waals surface area contributed by atoms with Crippen molar-refractivity contribution in [3.8, 4) is 0 Å². The van der Waals surface area contributed by atoms with Crippen LogP contribution in [0.25, 0.3) is 0 Å². The largest absolute Gasteiger partial charge is 0.110 e. The second-order valence-corrected chi connectivity index (χ2v) is 6.74. The first-order valence-electron chi connectivity index (χ1n) is 1.92. The summed E-state index contributed by atoms with van der Waals surface area (Å²) < 4.78 is -0.0648. The van der Waals surface area contributed by atoms with Gasteiger partial charge in [-0.05, 0) is 0 Å². The molecule has 0 bridgehead atoms. The van der Waals surface area contributed by atoms with E-state index in [4.69, 9.17) is 23.2 Å². The van der Waals surface area contributed by atoms with Crippen LogP contribution in [0.2, 0.25) is 13.1 Å². The second kappa shape index (κ2) is 2.89. The van der Waals surface area contributed by atoms with Gasteiger partial charge >= 0.3 is 0 Å². The molecule has 0 spiro atoms. The molecule has 0 N–H and O–H groups in total. The molecule has 3 heteroatoms. The Bertz CT molecular complexity index is 29.8. The number of rotatable bonds is 1. The zero-order chi connectivity index (χ0) is 5.15. The van der Waals surface area contributed by atoms with E-state index in [9.17, 15) is 0 Å². The first kappa shape index (κ1) is 6.80. The van der Waals surface area contributed by atoms with Gasteiger partial charge in [0.25, 0.3) is 0 Å². The number of alkyl halides is 2. The topological polar surface area (TPSA) is 0 Å². The van der Waals surface area contributed by atoms with E-state index in [-0.39, 0.29) is 4.46 Å². The average Bonchev–Trinajstić information content (AvgIpc) is 1.36. The van der Waals surface area contributed by atoms with Crippen LogP contribution in [-0.4, -0.2) is 13.3 Å². The van der Waals surface area contributed by atoms with Crippen LogP contribution in [0.5, 0.6) is 0 Å². The van der Waals surface area contributed by atoms with E-state index in [1.807, 2.05) is 0 Å². The number of halogens is 2. The molecular weight excluding hydrogens is 135 g/mol. The predicted octanol–water partition coefficient (Wildman–Crippen LogP) is 1.82. The molecule has 0 aromatic carbocycles. The fraction of sp³-hybridized carbons (Fsp3) is 1.00. The molecule has 0 aliphatic rings. The third-order valence-electron chi connectivity index (χ3n) is 0.504. The van der Waals surface area contributed by atoms with Gasteiger partial charge in [-0.3, -0.25) is 0 Å². The van der Waals surface area contributed by atoms with Crippen molar-refractivity contribution in [2.45, 2.75) is 17.6 Å². The molecule has 0 saturated carbocycles. The first-order chi connectivity index (χ1) is 2.64. The molecule has 0 nitrogen and oxygen atoms in total. The lowest BCUT2D eigenvalue weighted by Gasteiger charge is -1.98. The standard InChI is InChI=1S/C3H8Cl2Si/c1-6(2)3(4)5/h3,6H,1-2H3. The van der Waals surface area contributed by atoms with Gasteiger partial charge in [0.15, 0.2) is 0 Å². The SMILES string of the molecule is C[SiH](C)C(Cl)Cl. The quantitative estimate of drug-likeness (QED) is 0.388. The first-order valence-corrected chi connectivity index (χ1v) is 5.77. The number of hydrogen-bond donors (Lipinski definition) is 0. The maximum Gasteiger partial charge on any atom is 0.0937 e. The van der Waals surface area contributed by atoms with Crippen molar-refractivity contribution in [3.05, 3.63) is 0 Å². The van der Waals surface area contributed by atoms with Crippen LogP contribution in [-0.2, 0) is 0 Å². The summed E-state index contributed by atoms with van der Waals surface area (Å²) in [5.74, 6) is 0. The zero-order valence-corrected chi connectivity index (χ0v) is 6.58. The molecule has 0 fully saturated rings. The van der Waals surface area contributed by atoms with Gasteiger partial charge in [-0.15, -0.1) is 23.2 Å². The Balaban J connectivity index is 2.99. The van der Waals surface area contributed by atoms with Gasteiger partial charge in [0.05, 0.1) is 13.3 Å². The minimum Gasteiger partial charge on any atom is -0.110 e. The summed E-state index contributed by atoms with van der Waals surface area (Å²) >= 11 is 10.9. The summed E-state index contributed by atoms with van der Waals surface area (Å²) in [5.41, 5.74) is 0. The molecule has 0 heterocycles. The highest BCUT2D eigenvalue weighted by atomic mass is 35.5. The Kier molecular flexibility index (Phi) is 3.27. The molecule has 6 heavy (non-hydrogen) atoms. The minimum atomic E-state index is -0.713. The summed E-state index contributed by atoms with van der Waals surface area (Å²) in [6.45, 7) is 4.23. The van der Waals surface area contributed by atoms with E-state index >= 15 is 0 Å². The van der Waals surface area contributed by atoms with Crippen molar-refractivity contribution >= 4 is 32.0 Å². The van der Waals surface area contributed by atoms with Gasteiger partial charge in [-0.25, -0.2) is 0 Å². The van der Waals surface area contributed by atoms with Crippen molar-refractivity contribution in [2.75, 3.05) is 0 Å². The monoisotopic (exact) mass is 142 g/mol. The van der Waals surface area contributed by atoms with E-state index in [0.29, 0.717) is 0 Å². The summed E-state index contributed by atoms with van der Waals surface area (Å²) in [6.07, 6.45) is 0. The molecule has 0 rings (SSSR count). The Morgan fingerprint density at radius 1 is 1.33 bits per heavy atom. The van der Waals surface area contributed by atoms with Crippen molar-refractivity contribution in [1.29, 1.82) is 0 Å². The maximum atomic E-state index is 5.44.